The highest BCUT2D eigenvalue weighted by molar-refractivity contribution is 5.96. The van der Waals surface area contributed by atoms with Crippen LogP contribution >= 0.6 is 0 Å². The Bertz CT molecular complexity index is 441. The molecule has 19 heavy (non-hydrogen) atoms. The maximum absolute atomic E-state index is 11.7. The first-order valence-electron chi connectivity index (χ1n) is 6.43. The predicted octanol–water partition coefficient (Wildman–Crippen LogP) is 1.83. The number of amides is 1. The molecular formula is C14H21N3O2. The van der Waals surface area contributed by atoms with Crippen LogP contribution < -0.4 is 11.1 Å². The Labute approximate surface area is 113 Å². The van der Waals surface area contributed by atoms with E-state index in [0.717, 1.165) is 18.4 Å². The van der Waals surface area contributed by atoms with Crippen molar-refractivity contribution in [3.63, 3.8) is 0 Å². The van der Waals surface area contributed by atoms with E-state index >= 15 is 0 Å². The summed E-state index contributed by atoms with van der Waals surface area (Å²) < 4.78 is 0. The van der Waals surface area contributed by atoms with Crippen LogP contribution in [0.25, 0.3) is 0 Å². The minimum absolute atomic E-state index is 0.0430. The molecule has 0 saturated carbocycles. The molecule has 1 aromatic carbocycles. The Balaban J connectivity index is 2.52. The van der Waals surface area contributed by atoms with Gasteiger partial charge in [-0.2, -0.15) is 0 Å². The van der Waals surface area contributed by atoms with Crippen LogP contribution in [0.2, 0.25) is 0 Å². The number of hydrogen-bond acceptors (Lipinski definition) is 3. The van der Waals surface area contributed by atoms with E-state index in [-0.39, 0.29) is 17.7 Å². The van der Waals surface area contributed by atoms with Crippen LogP contribution in [0.1, 0.15) is 37.8 Å². The van der Waals surface area contributed by atoms with Gasteiger partial charge in [-0.05, 0) is 12.0 Å². The molecule has 1 amide bonds. The Morgan fingerprint density at radius 1 is 1.42 bits per heavy atom. The van der Waals surface area contributed by atoms with Gasteiger partial charge >= 0.3 is 0 Å². The number of carbonyl (C=O) groups excluding carboxylic acids is 1. The van der Waals surface area contributed by atoms with Gasteiger partial charge in [-0.15, -0.1) is 0 Å². The lowest BCUT2D eigenvalue weighted by molar-refractivity contribution is -0.124. The summed E-state index contributed by atoms with van der Waals surface area (Å²) >= 11 is 0. The molecule has 0 saturated heterocycles. The second-order valence-electron chi connectivity index (χ2n) is 4.59. The molecule has 5 heteroatoms. The van der Waals surface area contributed by atoms with Crippen molar-refractivity contribution in [3.8, 4) is 0 Å². The summed E-state index contributed by atoms with van der Waals surface area (Å²) in [7, 11) is 0. The monoisotopic (exact) mass is 263 g/mol. The van der Waals surface area contributed by atoms with Gasteiger partial charge in [0.05, 0.1) is 0 Å². The molecule has 0 aromatic heterocycles. The third-order valence-electron chi connectivity index (χ3n) is 2.99. The van der Waals surface area contributed by atoms with E-state index in [4.69, 9.17) is 10.9 Å². The van der Waals surface area contributed by atoms with E-state index in [9.17, 15) is 4.79 Å². The standard InChI is InChI=1S/C14H21N3O2/c1-3-4-10(2)14(18)16-9-11-5-7-12(8-6-11)13(15)17-19/h5-8,10,19H,3-4,9H2,1-2H3,(H2,15,17)(H,16,18). The van der Waals surface area contributed by atoms with Crippen LogP contribution in [0.3, 0.4) is 0 Å². The summed E-state index contributed by atoms with van der Waals surface area (Å²) in [6.45, 7) is 4.49. The van der Waals surface area contributed by atoms with Gasteiger partial charge in [-0.25, -0.2) is 0 Å². The molecule has 0 heterocycles. The topological polar surface area (TPSA) is 87.7 Å². The van der Waals surface area contributed by atoms with Crippen LogP contribution in [0, 0.1) is 5.92 Å². The zero-order valence-corrected chi connectivity index (χ0v) is 11.4. The van der Waals surface area contributed by atoms with E-state index in [1.54, 1.807) is 12.1 Å². The fourth-order valence-corrected chi connectivity index (χ4v) is 1.78. The summed E-state index contributed by atoms with van der Waals surface area (Å²) in [6, 6.07) is 7.20. The summed E-state index contributed by atoms with van der Waals surface area (Å²) in [4.78, 5) is 11.7. The molecule has 1 rings (SSSR count). The molecule has 4 N–H and O–H groups in total. The molecule has 5 nitrogen and oxygen atoms in total. The summed E-state index contributed by atoms with van der Waals surface area (Å²) in [5.74, 6) is 0.191. The molecule has 1 aromatic rings. The van der Waals surface area contributed by atoms with Crippen LogP contribution in [-0.2, 0) is 11.3 Å². The average molecular weight is 263 g/mol. The number of nitrogens with two attached hydrogens (primary N) is 1. The van der Waals surface area contributed by atoms with Crippen LogP contribution in [0.5, 0.6) is 0 Å². The number of carbonyl (C=O) groups is 1. The quantitative estimate of drug-likeness (QED) is 0.317. The third-order valence-corrected chi connectivity index (χ3v) is 2.99. The number of rotatable bonds is 6. The molecule has 0 aliphatic rings. The van der Waals surface area contributed by atoms with Gasteiger partial charge in [0.2, 0.25) is 5.91 Å². The lowest BCUT2D eigenvalue weighted by atomic mass is 10.1. The van der Waals surface area contributed by atoms with Crippen molar-refractivity contribution in [3.05, 3.63) is 35.4 Å². The smallest absolute Gasteiger partial charge is 0.223 e. The average Bonchev–Trinajstić information content (AvgIpc) is 2.44. The number of benzene rings is 1. The minimum atomic E-state index is 0.0430. The predicted molar refractivity (Wildman–Crippen MR) is 74.9 cm³/mol. The molecule has 0 aliphatic carbocycles. The largest absolute Gasteiger partial charge is 0.409 e. The van der Waals surface area contributed by atoms with Gasteiger partial charge in [0, 0.05) is 18.0 Å². The van der Waals surface area contributed by atoms with Gasteiger partial charge in [0.1, 0.15) is 0 Å². The van der Waals surface area contributed by atoms with Crippen molar-refractivity contribution in [2.75, 3.05) is 0 Å². The van der Waals surface area contributed by atoms with Crippen molar-refractivity contribution in [2.45, 2.75) is 33.2 Å². The Kier molecular flexibility index (Phi) is 5.85. The number of amidine groups is 1. The van der Waals surface area contributed by atoms with Gasteiger partial charge in [-0.3, -0.25) is 4.79 Å². The molecular weight excluding hydrogens is 242 g/mol. The number of oxime groups is 1. The van der Waals surface area contributed by atoms with Crippen molar-refractivity contribution >= 4 is 11.7 Å². The SMILES string of the molecule is CCCC(C)C(=O)NCc1ccc(C(N)=NO)cc1. The van der Waals surface area contributed by atoms with E-state index in [2.05, 4.69) is 17.4 Å². The highest BCUT2D eigenvalue weighted by Gasteiger charge is 2.10. The zero-order valence-electron chi connectivity index (χ0n) is 11.4. The summed E-state index contributed by atoms with van der Waals surface area (Å²) in [5.41, 5.74) is 7.10. The van der Waals surface area contributed by atoms with Crippen molar-refractivity contribution in [1.82, 2.24) is 5.32 Å². The van der Waals surface area contributed by atoms with E-state index < -0.39 is 0 Å². The maximum Gasteiger partial charge on any atom is 0.223 e. The fourth-order valence-electron chi connectivity index (χ4n) is 1.78. The molecule has 104 valence electrons. The van der Waals surface area contributed by atoms with Gasteiger partial charge < -0.3 is 16.3 Å². The minimum Gasteiger partial charge on any atom is -0.409 e. The van der Waals surface area contributed by atoms with Crippen LogP contribution in [-0.4, -0.2) is 17.0 Å². The van der Waals surface area contributed by atoms with Crippen LogP contribution in [0.4, 0.5) is 0 Å². The first-order chi connectivity index (χ1) is 9.08. The second kappa shape index (κ2) is 7.41. The van der Waals surface area contributed by atoms with Gasteiger partial charge in [-0.1, -0.05) is 49.7 Å². The number of nitrogens with zero attached hydrogens (tertiary/aromatic N) is 1. The van der Waals surface area contributed by atoms with Crippen molar-refractivity contribution in [1.29, 1.82) is 0 Å². The Morgan fingerprint density at radius 2 is 2.05 bits per heavy atom. The van der Waals surface area contributed by atoms with Crippen molar-refractivity contribution < 1.29 is 10.0 Å². The molecule has 0 spiro atoms. The molecule has 1 atom stereocenters. The Morgan fingerprint density at radius 3 is 2.58 bits per heavy atom. The Hall–Kier alpha value is -2.04. The summed E-state index contributed by atoms with van der Waals surface area (Å²) in [6.07, 6.45) is 1.90. The molecule has 0 bridgehead atoms. The fraction of sp³-hybridized carbons (Fsp3) is 0.429. The highest BCUT2D eigenvalue weighted by atomic mass is 16.4. The maximum atomic E-state index is 11.7. The van der Waals surface area contributed by atoms with Crippen LogP contribution in [0.15, 0.2) is 29.4 Å². The lowest BCUT2D eigenvalue weighted by Crippen LogP contribution is -2.28. The second-order valence-corrected chi connectivity index (χ2v) is 4.59. The zero-order chi connectivity index (χ0) is 14.3. The lowest BCUT2D eigenvalue weighted by Gasteiger charge is -2.11. The van der Waals surface area contributed by atoms with Gasteiger partial charge in [0.15, 0.2) is 5.84 Å². The summed E-state index contributed by atoms with van der Waals surface area (Å²) in [5, 5.41) is 14.4. The van der Waals surface area contributed by atoms with Crippen molar-refractivity contribution in [2.24, 2.45) is 16.8 Å². The highest BCUT2D eigenvalue weighted by Crippen LogP contribution is 2.07. The number of nitrogens with one attached hydrogen (secondary N) is 1. The first-order valence-corrected chi connectivity index (χ1v) is 6.43. The molecule has 0 aliphatic heterocycles. The first kappa shape index (κ1) is 15.0. The number of hydrogen-bond donors (Lipinski definition) is 3. The molecule has 0 fully saturated rings. The van der Waals surface area contributed by atoms with E-state index in [0.29, 0.717) is 12.1 Å². The molecule has 1 unspecified atom stereocenters. The molecule has 0 radical (unpaired) electrons. The third kappa shape index (κ3) is 4.62. The normalized spacial score (nSPS) is 13.1. The van der Waals surface area contributed by atoms with E-state index in [1.807, 2.05) is 19.1 Å². The van der Waals surface area contributed by atoms with Gasteiger partial charge in [0.25, 0.3) is 0 Å². The van der Waals surface area contributed by atoms with E-state index in [1.165, 1.54) is 0 Å².